The molecule has 4 saturated carbocycles. The molecule has 7 aliphatic carbocycles. The highest BCUT2D eigenvalue weighted by Gasteiger charge is 2.61. The lowest BCUT2D eigenvalue weighted by Crippen LogP contribution is -2.55. The monoisotopic (exact) mass is 755 g/mol. The van der Waals surface area contributed by atoms with Gasteiger partial charge in [0.1, 0.15) is 0 Å². The van der Waals surface area contributed by atoms with Crippen LogP contribution >= 0.6 is 0 Å². The summed E-state index contributed by atoms with van der Waals surface area (Å²) in [6.45, 7) is 14.6. The summed E-state index contributed by atoms with van der Waals surface area (Å²) < 4.78 is 0. The van der Waals surface area contributed by atoms with Gasteiger partial charge < -0.3 is 4.90 Å². The van der Waals surface area contributed by atoms with Crippen molar-refractivity contribution in [2.45, 2.75) is 108 Å². The van der Waals surface area contributed by atoms with Gasteiger partial charge in [-0.1, -0.05) is 133 Å². The SMILES string of the molecule is CC1(C)CCC(C)(C)c2c(-c3ccc(N(c4ccc5c(c4)-c4ccccc4C54C5CC6CC(C5)CC4C6)c4ccc5c(c4)C(C)(C)c4ccccc4-5)cc3)cccc21. The summed E-state index contributed by atoms with van der Waals surface area (Å²) in [6.07, 6.45) is 9.55. The molecule has 13 rings (SSSR count). The Morgan fingerprint density at radius 1 is 0.414 bits per heavy atom. The lowest BCUT2D eigenvalue weighted by Gasteiger charge is -2.61. The van der Waals surface area contributed by atoms with E-state index < -0.39 is 0 Å². The predicted octanol–water partition coefficient (Wildman–Crippen LogP) is 15.2. The van der Waals surface area contributed by atoms with Crippen molar-refractivity contribution in [1.82, 2.24) is 0 Å². The van der Waals surface area contributed by atoms with Crippen molar-refractivity contribution in [2.75, 3.05) is 4.90 Å². The van der Waals surface area contributed by atoms with Crippen LogP contribution in [0.25, 0.3) is 33.4 Å². The minimum absolute atomic E-state index is 0.0762. The number of nitrogens with zero attached hydrogens (tertiary/aromatic N) is 1. The first-order valence-corrected chi connectivity index (χ1v) is 22.5. The standard InChI is InChI=1S/C57H57N/c1-54(2)26-27-55(3,4)53-43(14-11-17-51(53)54)37-18-20-40(21-19-37)58(42-22-24-46-44-12-7-9-15-48(44)56(5,6)52(46)34-42)41-23-25-50-47(33-41)45-13-8-10-16-49(45)57(50)38-29-35-28-36(31-38)32-39(57)30-35/h7-25,33-36,38-39H,26-32H2,1-6H3. The number of anilines is 3. The van der Waals surface area contributed by atoms with Crippen molar-refractivity contribution in [3.63, 3.8) is 0 Å². The number of fused-ring (bicyclic) bond motifs is 7. The van der Waals surface area contributed by atoms with E-state index in [1.165, 1.54) is 118 Å². The fourth-order valence-electron chi connectivity index (χ4n) is 14.3. The lowest BCUT2D eigenvalue weighted by atomic mass is 9.43. The summed E-state index contributed by atoms with van der Waals surface area (Å²) >= 11 is 0. The molecule has 0 aliphatic heterocycles. The van der Waals surface area contributed by atoms with E-state index in [9.17, 15) is 0 Å². The van der Waals surface area contributed by atoms with Crippen molar-refractivity contribution >= 4 is 17.1 Å². The molecular weight excluding hydrogens is 699 g/mol. The van der Waals surface area contributed by atoms with Crippen LogP contribution in [0, 0.1) is 23.7 Å². The highest BCUT2D eigenvalue weighted by atomic mass is 15.1. The second kappa shape index (κ2) is 11.9. The number of hydrogen-bond donors (Lipinski definition) is 0. The summed E-state index contributed by atoms with van der Waals surface area (Å²) in [5.41, 5.74) is 21.6. The Bertz CT molecular complexity index is 2640. The minimum atomic E-state index is -0.0762. The highest BCUT2D eigenvalue weighted by Crippen LogP contribution is 2.69. The van der Waals surface area contributed by atoms with Gasteiger partial charge >= 0.3 is 0 Å². The smallest absolute Gasteiger partial charge is 0.0468 e. The van der Waals surface area contributed by atoms with Crippen LogP contribution in [0.2, 0.25) is 0 Å². The van der Waals surface area contributed by atoms with Crippen molar-refractivity contribution in [2.24, 2.45) is 23.7 Å². The van der Waals surface area contributed by atoms with E-state index >= 15 is 0 Å². The van der Waals surface area contributed by atoms with Crippen molar-refractivity contribution in [1.29, 1.82) is 0 Å². The Balaban J connectivity index is 1.02. The Kier molecular flexibility index (Phi) is 7.18. The molecule has 6 aromatic rings. The molecule has 0 N–H and O–H groups in total. The Hall–Kier alpha value is -4.88. The molecule has 0 aromatic heterocycles. The van der Waals surface area contributed by atoms with Gasteiger partial charge in [0.25, 0.3) is 0 Å². The zero-order valence-corrected chi connectivity index (χ0v) is 35.3. The molecular formula is C57H57N. The molecule has 0 heterocycles. The van der Waals surface area contributed by atoms with E-state index in [2.05, 4.69) is 174 Å². The van der Waals surface area contributed by atoms with Crippen LogP contribution in [0.1, 0.15) is 120 Å². The average molecular weight is 756 g/mol. The molecule has 0 radical (unpaired) electrons. The summed E-state index contributed by atoms with van der Waals surface area (Å²) in [6, 6.07) is 50.1. The molecule has 1 heteroatoms. The third kappa shape index (κ3) is 4.65. The summed E-state index contributed by atoms with van der Waals surface area (Å²) in [7, 11) is 0. The largest absolute Gasteiger partial charge is 0.310 e. The first-order valence-electron chi connectivity index (χ1n) is 22.5. The van der Waals surface area contributed by atoms with E-state index in [1.807, 2.05) is 0 Å². The van der Waals surface area contributed by atoms with Gasteiger partial charge in [-0.15, -0.1) is 0 Å². The lowest BCUT2D eigenvalue weighted by molar-refractivity contribution is -0.0399. The fraction of sp³-hybridized carbons (Fsp3) is 0.368. The summed E-state index contributed by atoms with van der Waals surface area (Å²) in [4.78, 5) is 2.56. The Labute approximate surface area is 346 Å². The number of benzene rings is 6. The third-order valence-corrected chi connectivity index (χ3v) is 16.9. The molecule has 1 nitrogen and oxygen atoms in total. The first kappa shape index (κ1) is 35.1. The fourth-order valence-corrected chi connectivity index (χ4v) is 14.3. The second-order valence-corrected chi connectivity index (χ2v) is 21.2. The van der Waals surface area contributed by atoms with E-state index in [1.54, 1.807) is 11.1 Å². The van der Waals surface area contributed by atoms with E-state index in [0.717, 1.165) is 23.7 Å². The van der Waals surface area contributed by atoms with Gasteiger partial charge in [-0.3, -0.25) is 0 Å². The Morgan fingerprint density at radius 2 is 0.948 bits per heavy atom. The van der Waals surface area contributed by atoms with Gasteiger partial charge in [0.15, 0.2) is 0 Å². The van der Waals surface area contributed by atoms with Gasteiger partial charge in [-0.25, -0.2) is 0 Å². The van der Waals surface area contributed by atoms with Gasteiger partial charge in [-0.05, 0) is 183 Å². The topological polar surface area (TPSA) is 3.24 Å². The van der Waals surface area contributed by atoms with E-state index in [0.29, 0.717) is 0 Å². The van der Waals surface area contributed by atoms with Crippen LogP contribution in [0.4, 0.5) is 17.1 Å². The molecule has 0 unspecified atom stereocenters. The molecule has 1 spiro atoms. The third-order valence-electron chi connectivity index (χ3n) is 16.9. The zero-order chi connectivity index (χ0) is 39.3. The van der Waals surface area contributed by atoms with Gasteiger partial charge in [0.05, 0.1) is 0 Å². The van der Waals surface area contributed by atoms with Crippen LogP contribution in [-0.2, 0) is 21.7 Å². The van der Waals surface area contributed by atoms with Crippen LogP contribution in [0.5, 0.6) is 0 Å². The maximum absolute atomic E-state index is 2.58. The Morgan fingerprint density at radius 3 is 1.67 bits per heavy atom. The van der Waals surface area contributed by atoms with Crippen LogP contribution in [-0.4, -0.2) is 0 Å². The summed E-state index contributed by atoms with van der Waals surface area (Å²) in [5.74, 6) is 3.41. The number of hydrogen-bond acceptors (Lipinski definition) is 1. The van der Waals surface area contributed by atoms with Gasteiger partial charge in [-0.2, -0.15) is 0 Å². The maximum Gasteiger partial charge on any atom is 0.0468 e. The highest BCUT2D eigenvalue weighted by molar-refractivity contribution is 5.90. The normalized spacial score (nSPS) is 26.8. The maximum atomic E-state index is 2.58. The number of rotatable bonds is 4. The molecule has 290 valence electrons. The molecule has 0 saturated heterocycles. The van der Waals surface area contributed by atoms with Crippen molar-refractivity contribution in [3.8, 4) is 33.4 Å². The minimum Gasteiger partial charge on any atom is -0.310 e. The molecule has 0 atom stereocenters. The van der Waals surface area contributed by atoms with Gasteiger partial charge in [0.2, 0.25) is 0 Å². The predicted molar refractivity (Wildman–Crippen MR) is 243 cm³/mol. The molecule has 7 aliphatic rings. The van der Waals surface area contributed by atoms with Crippen molar-refractivity contribution < 1.29 is 0 Å². The molecule has 4 fully saturated rings. The molecule has 4 bridgehead atoms. The van der Waals surface area contributed by atoms with Gasteiger partial charge in [0, 0.05) is 27.9 Å². The molecule has 0 amide bonds. The zero-order valence-electron chi connectivity index (χ0n) is 35.3. The van der Waals surface area contributed by atoms with Crippen LogP contribution < -0.4 is 4.90 Å². The molecule has 6 aromatic carbocycles. The quantitative estimate of drug-likeness (QED) is 0.173. The van der Waals surface area contributed by atoms with E-state index in [4.69, 9.17) is 0 Å². The van der Waals surface area contributed by atoms with E-state index in [-0.39, 0.29) is 21.7 Å². The molecule has 58 heavy (non-hydrogen) atoms. The first-order chi connectivity index (χ1) is 27.9. The van der Waals surface area contributed by atoms with Crippen LogP contribution in [0.15, 0.2) is 127 Å². The average Bonchev–Trinajstić information content (AvgIpc) is 3.64. The summed E-state index contributed by atoms with van der Waals surface area (Å²) in [5, 5.41) is 0. The second-order valence-electron chi connectivity index (χ2n) is 21.2. The van der Waals surface area contributed by atoms with Crippen molar-refractivity contribution in [3.05, 3.63) is 161 Å². The van der Waals surface area contributed by atoms with Crippen LogP contribution in [0.3, 0.4) is 0 Å².